The minimum absolute atomic E-state index is 0.0177. The highest BCUT2D eigenvalue weighted by Crippen LogP contribution is 2.36. The summed E-state index contributed by atoms with van der Waals surface area (Å²) in [6.07, 6.45) is -3.06. The van der Waals surface area contributed by atoms with E-state index in [0.29, 0.717) is 16.7 Å². The van der Waals surface area contributed by atoms with Gasteiger partial charge in [0.05, 0.1) is 0 Å². The molecular weight excluding hydrogens is 512 g/mol. The maximum absolute atomic E-state index is 13.6. The number of carbonyl (C=O) groups excluding carboxylic acids is 3. The van der Waals surface area contributed by atoms with Gasteiger partial charge in [-0.3, -0.25) is 14.4 Å². The highest BCUT2D eigenvalue weighted by Gasteiger charge is 2.41. The van der Waals surface area contributed by atoms with Gasteiger partial charge in [-0.25, -0.2) is 0 Å². The molecule has 4 aromatic carbocycles. The predicted molar refractivity (Wildman–Crippen MR) is 147 cm³/mol. The normalized spacial score (nSPS) is 14.2. The Morgan fingerprint density at radius 2 is 1.30 bits per heavy atom. The van der Waals surface area contributed by atoms with Gasteiger partial charge in [0.25, 0.3) is 11.8 Å². The van der Waals surface area contributed by atoms with Gasteiger partial charge in [0, 0.05) is 25.2 Å². The van der Waals surface area contributed by atoms with E-state index in [1.165, 1.54) is 0 Å². The molecule has 1 heterocycles. The van der Waals surface area contributed by atoms with Crippen molar-refractivity contribution in [1.29, 1.82) is 0 Å². The lowest BCUT2D eigenvalue weighted by molar-refractivity contribution is -0.131. The zero-order valence-corrected chi connectivity index (χ0v) is 21.5. The van der Waals surface area contributed by atoms with Crippen LogP contribution >= 0.6 is 0 Å². The molecular formula is C32H27F2N3O3. The van der Waals surface area contributed by atoms with Crippen molar-refractivity contribution in [2.45, 2.75) is 32.1 Å². The number of nitrogens with zero attached hydrogens (tertiary/aromatic N) is 1. The van der Waals surface area contributed by atoms with Crippen LogP contribution in [0.4, 0.5) is 8.78 Å². The molecule has 202 valence electrons. The molecule has 0 bridgehead atoms. The standard InChI is InChI=1S/C32H27F2N3O3/c33-29(34)31(39)36-19-22-16-14-21(15-17-22)18-35-30(38)28-26-12-6-7-13-27(26)32(40)37(28)20-24-10-4-5-11-25(24)23-8-2-1-3-9-23/h1-17,28-29H,18-20H2,(H,35,38)(H,36,39). The molecule has 0 aliphatic carbocycles. The molecule has 40 heavy (non-hydrogen) atoms. The molecule has 6 nitrogen and oxygen atoms in total. The summed E-state index contributed by atoms with van der Waals surface area (Å²) in [5.41, 5.74) is 5.57. The lowest BCUT2D eigenvalue weighted by atomic mass is 9.99. The van der Waals surface area contributed by atoms with Crippen molar-refractivity contribution < 1.29 is 23.2 Å². The van der Waals surface area contributed by atoms with E-state index >= 15 is 0 Å². The second-order valence-electron chi connectivity index (χ2n) is 9.50. The summed E-state index contributed by atoms with van der Waals surface area (Å²) in [7, 11) is 0. The molecule has 8 heteroatoms. The van der Waals surface area contributed by atoms with E-state index in [0.717, 1.165) is 22.3 Å². The van der Waals surface area contributed by atoms with E-state index in [1.807, 2.05) is 66.7 Å². The fourth-order valence-corrected chi connectivity index (χ4v) is 4.88. The topological polar surface area (TPSA) is 78.5 Å². The van der Waals surface area contributed by atoms with Crippen molar-refractivity contribution in [2.24, 2.45) is 0 Å². The smallest absolute Gasteiger partial charge is 0.315 e. The molecule has 2 N–H and O–H groups in total. The summed E-state index contributed by atoms with van der Waals surface area (Å²) < 4.78 is 24.8. The molecule has 0 fully saturated rings. The van der Waals surface area contributed by atoms with E-state index < -0.39 is 18.4 Å². The molecule has 0 saturated heterocycles. The molecule has 0 saturated carbocycles. The van der Waals surface area contributed by atoms with Crippen molar-refractivity contribution in [1.82, 2.24) is 15.5 Å². The van der Waals surface area contributed by atoms with Crippen molar-refractivity contribution in [3.05, 3.63) is 131 Å². The second kappa shape index (κ2) is 11.9. The van der Waals surface area contributed by atoms with Crippen molar-refractivity contribution in [3.63, 3.8) is 0 Å². The minimum atomic E-state index is -3.06. The number of halogens is 2. The van der Waals surface area contributed by atoms with Gasteiger partial charge in [-0.2, -0.15) is 8.78 Å². The number of benzene rings is 4. The zero-order valence-electron chi connectivity index (χ0n) is 21.5. The van der Waals surface area contributed by atoms with E-state index in [4.69, 9.17) is 0 Å². The predicted octanol–water partition coefficient (Wildman–Crippen LogP) is 5.25. The number of fused-ring (bicyclic) bond motifs is 1. The van der Waals surface area contributed by atoms with Crippen LogP contribution in [0.5, 0.6) is 0 Å². The summed E-state index contributed by atoms with van der Waals surface area (Å²) >= 11 is 0. The van der Waals surface area contributed by atoms with E-state index in [9.17, 15) is 23.2 Å². The number of hydrogen-bond donors (Lipinski definition) is 2. The summed E-state index contributed by atoms with van der Waals surface area (Å²) in [4.78, 5) is 39.8. The Morgan fingerprint density at radius 1 is 0.725 bits per heavy atom. The number of amides is 3. The Labute approximate surface area is 230 Å². The van der Waals surface area contributed by atoms with Crippen LogP contribution in [0.3, 0.4) is 0 Å². The van der Waals surface area contributed by atoms with Gasteiger partial charge in [-0.15, -0.1) is 0 Å². The molecule has 3 amide bonds. The zero-order chi connectivity index (χ0) is 28.1. The fourth-order valence-electron chi connectivity index (χ4n) is 4.88. The van der Waals surface area contributed by atoms with Crippen LogP contribution in [0.1, 0.15) is 38.7 Å². The molecule has 0 aromatic heterocycles. The molecule has 0 radical (unpaired) electrons. The molecule has 1 atom stereocenters. The Hall–Kier alpha value is -4.85. The van der Waals surface area contributed by atoms with E-state index in [2.05, 4.69) is 10.6 Å². The first-order valence-electron chi connectivity index (χ1n) is 12.9. The van der Waals surface area contributed by atoms with Crippen LogP contribution in [0, 0.1) is 0 Å². The van der Waals surface area contributed by atoms with Gasteiger partial charge in [0.2, 0.25) is 5.91 Å². The first kappa shape index (κ1) is 26.7. The van der Waals surface area contributed by atoms with Crippen LogP contribution in [0.15, 0.2) is 103 Å². The molecule has 1 aliphatic heterocycles. The molecule has 0 spiro atoms. The van der Waals surface area contributed by atoms with Crippen molar-refractivity contribution >= 4 is 17.7 Å². The highest BCUT2D eigenvalue weighted by atomic mass is 19.3. The third kappa shape index (κ3) is 5.76. The van der Waals surface area contributed by atoms with Crippen LogP contribution in [0.25, 0.3) is 11.1 Å². The van der Waals surface area contributed by atoms with Crippen LogP contribution < -0.4 is 10.6 Å². The lowest BCUT2D eigenvalue weighted by Crippen LogP contribution is -2.38. The average molecular weight is 540 g/mol. The lowest BCUT2D eigenvalue weighted by Gasteiger charge is -2.26. The highest BCUT2D eigenvalue weighted by molar-refractivity contribution is 6.04. The second-order valence-corrected chi connectivity index (χ2v) is 9.50. The number of carbonyl (C=O) groups is 3. The Morgan fingerprint density at radius 3 is 1.98 bits per heavy atom. The quantitative estimate of drug-likeness (QED) is 0.305. The Balaban J connectivity index is 1.32. The minimum Gasteiger partial charge on any atom is -0.350 e. The first-order valence-corrected chi connectivity index (χ1v) is 12.9. The number of hydrogen-bond acceptors (Lipinski definition) is 3. The Kier molecular flexibility index (Phi) is 7.96. The summed E-state index contributed by atoms with van der Waals surface area (Å²) in [5.74, 6) is -1.82. The maximum atomic E-state index is 13.6. The SMILES string of the molecule is O=C(NCc1ccc(CNC(=O)C2c3ccccc3C(=O)N2Cc2ccccc2-c2ccccc2)cc1)C(F)F. The fraction of sp³-hybridized carbons (Fsp3) is 0.156. The maximum Gasteiger partial charge on any atom is 0.315 e. The molecule has 1 unspecified atom stereocenters. The van der Waals surface area contributed by atoms with Gasteiger partial charge in [-0.1, -0.05) is 97.1 Å². The molecule has 4 aromatic rings. The van der Waals surface area contributed by atoms with Gasteiger partial charge in [0.15, 0.2) is 0 Å². The molecule has 5 rings (SSSR count). The first-order chi connectivity index (χ1) is 19.4. The Bertz CT molecular complexity index is 1520. The molecule has 1 aliphatic rings. The van der Waals surface area contributed by atoms with Crippen molar-refractivity contribution in [3.8, 4) is 11.1 Å². The number of alkyl halides is 2. The van der Waals surface area contributed by atoms with Gasteiger partial charge in [-0.05, 0) is 39.4 Å². The van der Waals surface area contributed by atoms with Gasteiger partial charge in [0.1, 0.15) is 6.04 Å². The van der Waals surface area contributed by atoms with Crippen LogP contribution in [-0.2, 0) is 29.2 Å². The number of rotatable bonds is 9. The van der Waals surface area contributed by atoms with E-state index in [1.54, 1.807) is 41.3 Å². The van der Waals surface area contributed by atoms with E-state index in [-0.39, 0.29) is 31.4 Å². The van der Waals surface area contributed by atoms with Gasteiger partial charge < -0.3 is 15.5 Å². The summed E-state index contributed by atoms with van der Waals surface area (Å²) in [6.45, 7) is 0.454. The largest absolute Gasteiger partial charge is 0.350 e. The van der Waals surface area contributed by atoms with Gasteiger partial charge >= 0.3 is 6.43 Å². The summed E-state index contributed by atoms with van der Waals surface area (Å²) in [5, 5.41) is 5.11. The summed E-state index contributed by atoms with van der Waals surface area (Å²) in [6, 6.07) is 31.0. The van der Waals surface area contributed by atoms with Crippen LogP contribution in [-0.4, -0.2) is 29.0 Å². The third-order valence-electron chi connectivity index (χ3n) is 6.90. The third-order valence-corrected chi connectivity index (χ3v) is 6.90. The number of nitrogens with one attached hydrogen (secondary N) is 2. The van der Waals surface area contributed by atoms with Crippen LogP contribution in [0.2, 0.25) is 0 Å². The monoisotopic (exact) mass is 539 g/mol. The van der Waals surface area contributed by atoms with Crippen molar-refractivity contribution in [2.75, 3.05) is 0 Å². The average Bonchev–Trinajstić information content (AvgIpc) is 3.27.